The summed E-state index contributed by atoms with van der Waals surface area (Å²) in [7, 11) is 0. The quantitative estimate of drug-likeness (QED) is 0.613. The molecule has 2 aromatic carbocycles. The van der Waals surface area contributed by atoms with Gasteiger partial charge in [0.15, 0.2) is 0 Å². The van der Waals surface area contributed by atoms with Crippen molar-refractivity contribution in [1.29, 1.82) is 0 Å². The summed E-state index contributed by atoms with van der Waals surface area (Å²) in [6.45, 7) is 3.80. The molecule has 29 heavy (non-hydrogen) atoms. The molecule has 0 atom stereocenters. The fourth-order valence-electron chi connectivity index (χ4n) is 3.18. The molecule has 7 heteroatoms. The van der Waals surface area contributed by atoms with E-state index in [-0.39, 0.29) is 17.0 Å². The van der Waals surface area contributed by atoms with Gasteiger partial charge in [-0.1, -0.05) is 18.2 Å². The number of nitrogens with zero attached hydrogens (tertiary/aromatic N) is 1. The number of anilines is 2. The number of thiophene rings is 1. The van der Waals surface area contributed by atoms with Gasteiger partial charge in [-0.05, 0) is 54.6 Å². The first-order valence-electron chi connectivity index (χ1n) is 8.83. The van der Waals surface area contributed by atoms with Crippen LogP contribution in [0.15, 0.2) is 59.6 Å². The molecule has 4 nitrogen and oxygen atoms in total. The van der Waals surface area contributed by atoms with Gasteiger partial charge in [0.1, 0.15) is 17.3 Å². The van der Waals surface area contributed by atoms with Crippen LogP contribution >= 0.6 is 11.3 Å². The number of halogens is 2. The van der Waals surface area contributed by atoms with Gasteiger partial charge in [0.05, 0.1) is 11.3 Å². The summed E-state index contributed by atoms with van der Waals surface area (Å²) in [4.78, 5) is 27.7. The highest BCUT2D eigenvalue weighted by atomic mass is 32.1. The Morgan fingerprint density at radius 3 is 2.45 bits per heavy atom. The number of hydrogen-bond acceptors (Lipinski definition) is 4. The summed E-state index contributed by atoms with van der Waals surface area (Å²) in [5.41, 5.74) is 2.49. The Morgan fingerprint density at radius 2 is 1.76 bits per heavy atom. The van der Waals surface area contributed by atoms with Gasteiger partial charge in [-0.15, -0.1) is 11.3 Å². The molecule has 0 radical (unpaired) electrons. The molecule has 146 valence electrons. The smallest absolute Gasteiger partial charge is 0.282 e. The van der Waals surface area contributed by atoms with Crippen LogP contribution in [0.4, 0.5) is 20.2 Å². The predicted molar refractivity (Wildman–Crippen MR) is 110 cm³/mol. The average molecular weight is 410 g/mol. The van der Waals surface area contributed by atoms with Crippen LogP contribution < -0.4 is 10.2 Å². The van der Waals surface area contributed by atoms with Crippen LogP contribution in [0.3, 0.4) is 0 Å². The number of nitrogens with one attached hydrogen (secondary N) is 1. The third-order valence-corrected chi connectivity index (χ3v) is 5.54. The molecule has 4 rings (SSSR count). The molecule has 1 aromatic heterocycles. The van der Waals surface area contributed by atoms with E-state index in [1.807, 2.05) is 32.0 Å². The van der Waals surface area contributed by atoms with E-state index in [9.17, 15) is 18.4 Å². The van der Waals surface area contributed by atoms with Crippen molar-refractivity contribution in [3.8, 4) is 0 Å². The molecule has 0 unspecified atom stereocenters. The second-order valence-electron chi connectivity index (χ2n) is 6.71. The van der Waals surface area contributed by atoms with Gasteiger partial charge < -0.3 is 5.32 Å². The summed E-state index contributed by atoms with van der Waals surface area (Å²) in [6, 6.07) is 12.0. The van der Waals surface area contributed by atoms with Crippen molar-refractivity contribution >= 4 is 40.1 Å². The number of hydrogen-bond donors (Lipinski definition) is 1. The predicted octanol–water partition coefficient (Wildman–Crippen LogP) is 5.04. The Bertz CT molecular complexity index is 1170. The Morgan fingerprint density at radius 1 is 0.966 bits per heavy atom. The van der Waals surface area contributed by atoms with Crippen molar-refractivity contribution in [2.45, 2.75) is 13.8 Å². The summed E-state index contributed by atoms with van der Waals surface area (Å²) >= 11 is 1.30. The zero-order valence-corrected chi connectivity index (χ0v) is 16.4. The number of aryl methyl sites for hydroxylation is 2. The highest BCUT2D eigenvalue weighted by Crippen LogP contribution is 2.37. The van der Waals surface area contributed by atoms with Gasteiger partial charge >= 0.3 is 0 Å². The van der Waals surface area contributed by atoms with Crippen LogP contribution in [0, 0.1) is 25.5 Å². The van der Waals surface area contributed by atoms with Crippen molar-refractivity contribution in [2.24, 2.45) is 0 Å². The van der Waals surface area contributed by atoms with Crippen LogP contribution in [0.25, 0.3) is 5.57 Å². The molecule has 0 fully saturated rings. The van der Waals surface area contributed by atoms with Gasteiger partial charge in [0.2, 0.25) is 0 Å². The lowest BCUT2D eigenvalue weighted by Gasteiger charge is -2.16. The van der Waals surface area contributed by atoms with Crippen LogP contribution in [-0.4, -0.2) is 11.8 Å². The first-order chi connectivity index (χ1) is 13.9. The van der Waals surface area contributed by atoms with Crippen molar-refractivity contribution in [3.63, 3.8) is 0 Å². The van der Waals surface area contributed by atoms with Crippen LogP contribution in [0.1, 0.15) is 16.0 Å². The number of carbonyl (C=O) groups is 2. The van der Waals surface area contributed by atoms with Gasteiger partial charge in [0, 0.05) is 16.6 Å². The third-order valence-electron chi connectivity index (χ3n) is 4.65. The van der Waals surface area contributed by atoms with Gasteiger partial charge in [0.25, 0.3) is 11.8 Å². The van der Waals surface area contributed by atoms with Gasteiger partial charge in [-0.3, -0.25) is 9.59 Å². The molecule has 0 saturated heterocycles. The van der Waals surface area contributed by atoms with Gasteiger partial charge in [-0.25, -0.2) is 13.7 Å². The fraction of sp³-hybridized carbons (Fsp3) is 0.0909. The minimum Gasteiger partial charge on any atom is -0.350 e. The molecule has 3 aromatic rings. The van der Waals surface area contributed by atoms with Crippen molar-refractivity contribution in [2.75, 3.05) is 10.2 Å². The van der Waals surface area contributed by atoms with E-state index < -0.39 is 23.4 Å². The highest BCUT2D eigenvalue weighted by molar-refractivity contribution is 7.11. The normalized spacial score (nSPS) is 14.1. The average Bonchev–Trinajstić information content (AvgIpc) is 3.27. The summed E-state index contributed by atoms with van der Waals surface area (Å²) < 4.78 is 27.7. The number of amides is 2. The fourth-order valence-corrected chi connectivity index (χ4v) is 3.95. The largest absolute Gasteiger partial charge is 0.350 e. The summed E-state index contributed by atoms with van der Waals surface area (Å²) in [5.74, 6) is -3.11. The minimum absolute atomic E-state index is 0.0647. The standard InChI is InChI=1S/C22H16F2N2O2S/c1-12-5-6-13(2)16(10-12)25-20-19(18-4-3-9-29-18)21(27)26(22(20)28)17-8-7-14(23)11-15(17)24/h3-11,25H,1-2H3. The lowest BCUT2D eigenvalue weighted by atomic mass is 10.1. The molecule has 0 spiro atoms. The highest BCUT2D eigenvalue weighted by Gasteiger charge is 2.41. The molecule has 2 heterocycles. The Labute approximate surface area is 170 Å². The number of benzene rings is 2. The van der Waals surface area contributed by atoms with E-state index in [0.717, 1.165) is 28.2 Å². The summed E-state index contributed by atoms with van der Waals surface area (Å²) in [6.07, 6.45) is 0. The SMILES string of the molecule is Cc1ccc(C)c(NC2=C(c3cccs3)C(=O)N(c3ccc(F)cc3F)C2=O)c1. The van der Waals surface area contributed by atoms with E-state index in [2.05, 4.69) is 5.32 Å². The van der Waals surface area contributed by atoms with Gasteiger partial charge in [-0.2, -0.15) is 0 Å². The minimum atomic E-state index is -0.981. The molecule has 2 amide bonds. The second-order valence-corrected chi connectivity index (χ2v) is 7.66. The zero-order chi connectivity index (χ0) is 20.7. The Kier molecular flexibility index (Phi) is 4.76. The van der Waals surface area contributed by atoms with E-state index in [4.69, 9.17) is 0 Å². The molecular formula is C22H16F2N2O2S. The van der Waals surface area contributed by atoms with E-state index in [0.29, 0.717) is 16.6 Å². The molecule has 0 bridgehead atoms. The van der Waals surface area contributed by atoms with E-state index >= 15 is 0 Å². The van der Waals surface area contributed by atoms with E-state index in [1.54, 1.807) is 17.5 Å². The van der Waals surface area contributed by atoms with Crippen molar-refractivity contribution < 1.29 is 18.4 Å². The monoisotopic (exact) mass is 410 g/mol. The third kappa shape index (κ3) is 3.34. The Hall–Kier alpha value is -3.32. The van der Waals surface area contributed by atoms with E-state index in [1.165, 1.54) is 11.3 Å². The molecule has 1 N–H and O–H groups in total. The first kappa shape index (κ1) is 19.0. The van der Waals surface area contributed by atoms with Crippen LogP contribution in [-0.2, 0) is 9.59 Å². The van der Waals surface area contributed by atoms with Crippen LogP contribution in [0.5, 0.6) is 0 Å². The lowest BCUT2D eigenvalue weighted by Crippen LogP contribution is -2.33. The van der Waals surface area contributed by atoms with Crippen molar-refractivity contribution in [1.82, 2.24) is 0 Å². The lowest BCUT2D eigenvalue weighted by molar-refractivity contribution is -0.120. The Balaban J connectivity index is 1.84. The molecule has 1 aliphatic rings. The molecular weight excluding hydrogens is 394 g/mol. The number of rotatable bonds is 4. The van der Waals surface area contributed by atoms with Crippen LogP contribution in [0.2, 0.25) is 0 Å². The molecule has 0 saturated carbocycles. The number of imide groups is 1. The maximum Gasteiger partial charge on any atom is 0.282 e. The maximum absolute atomic E-state index is 14.4. The maximum atomic E-state index is 14.4. The summed E-state index contributed by atoms with van der Waals surface area (Å²) in [5, 5.41) is 4.87. The van der Waals surface area contributed by atoms with Crippen molar-refractivity contribution in [3.05, 3.63) is 87.2 Å². The zero-order valence-electron chi connectivity index (χ0n) is 15.6. The topological polar surface area (TPSA) is 49.4 Å². The number of carbonyl (C=O) groups excluding carboxylic acids is 2. The second kappa shape index (κ2) is 7.25. The first-order valence-corrected chi connectivity index (χ1v) is 9.71. The molecule has 1 aliphatic heterocycles. The molecule has 0 aliphatic carbocycles.